The van der Waals surface area contributed by atoms with Crippen LogP contribution in [-0.4, -0.2) is 56.0 Å². The molecular formula is C24H29N3O4. The average Bonchev–Trinajstić information content (AvgIpc) is 2.79. The van der Waals surface area contributed by atoms with E-state index in [4.69, 9.17) is 4.74 Å². The molecule has 1 aliphatic rings. The summed E-state index contributed by atoms with van der Waals surface area (Å²) >= 11 is 0. The van der Waals surface area contributed by atoms with Gasteiger partial charge in [0.05, 0.1) is 12.5 Å². The molecule has 0 radical (unpaired) electrons. The van der Waals surface area contributed by atoms with Gasteiger partial charge in [0.25, 0.3) is 11.8 Å². The fraction of sp³-hybridized carbons (Fsp3) is 0.375. The summed E-state index contributed by atoms with van der Waals surface area (Å²) in [7, 11) is 1.59. The van der Waals surface area contributed by atoms with Gasteiger partial charge in [0.1, 0.15) is 0 Å². The second kappa shape index (κ2) is 10.7. The van der Waals surface area contributed by atoms with E-state index in [9.17, 15) is 14.4 Å². The molecule has 1 fully saturated rings. The second-order valence-corrected chi connectivity index (χ2v) is 7.77. The van der Waals surface area contributed by atoms with Gasteiger partial charge in [-0.1, -0.05) is 17.7 Å². The molecule has 7 heteroatoms. The largest absolute Gasteiger partial charge is 0.383 e. The van der Waals surface area contributed by atoms with E-state index in [2.05, 4.69) is 10.6 Å². The zero-order valence-electron chi connectivity index (χ0n) is 18.0. The highest BCUT2D eigenvalue weighted by atomic mass is 16.5. The topological polar surface area (TPSA) is 87.7 Å². The van der Waals surface area contributed by atoms with Crippen LogP contribution in [0.2, 0.25) is 0 Å². The molecular weight excluding hydrogens is 394 g/mol. The minimum absolute atomic E-state index is 0.0382. The molecule has 0 bridgehead atoms. The molecule has 3 amide bonds. The van der Waals surface area contributed by atoms with E-state index >= 15 is 0 Å². The van der Waals surface area contributed by atoms with Crippen molar-refractivity contribution < 1.29 is 19.1 Å². The predicted octanol–water partition coefficient (Wildman–Crippen LogP) is 2.86. The first kappa shape index (κ1) is 22.5. The summed E-state index contributed by atoms with van der Waals surface area (Å²) in [5.74, 6) is -0.547. The number of nitrogens with zero attached hydrogens (tertiary/aromatic N) is 1. The van der Waals surface area contributed by atoms with Gasteiger partial charge in [-0.2, -0.15) is 0 Å². The Morgan fingerprint density at radius 1 is 1.03 bits per heavy atom. The van der Waals surface area contributed by atoms with Crippen LogP contribution >= 0.6 is 0 Å². The molecule has 2 aromatic rings. The Balaban J connectivity index is 1.57. The number of ether oxygens (including phenoxy) is 1. The van der Waals surface area contributed by atoms with Crippen molar-refractivity contribution in [3.63, 3.8) is 0 Å². The number of carbonyl (C=O) groups is 3. The van der Waals surface area contributed by atoms with Crippen molar-refractivity contribution in [2.75, 3.05) is 38.7 Å². The highest BCUT2D eigenvalue weighted by molar-refractivity contribution is 6.04. The first-order valence-electron chi connectivity index (χ1n) is 10.5. The number of benzene rings is 2. The van der Waals surface area contributed by atoms with Gasteiger partial charge in [-0.05, 0) is 56.2 Å². The molecule has 1 atom stereocenters. The van der Waals surface area contributed by atoms with Crippen LogP contribution in [0.5, 0.6) is 0 Å². The molecule has 1 aliphatic heterocycles. The zero-order valence-corrected chi connectivity index (χ0v) is 18.0. The van der Waals surface area contributed by atoms with Crippen molar-refractivity contribution in [2.45, 2.75) is 19.8 Å². The molecule has 0 spiro atoms. The molecule has 2 aromatic carbocycles. The standard InChI is InChI=1S/C24H29N3O4/c1-17-5-7-18(8-6-17)23(29)26-21-11-9-19(10-12-21)24(30)27-14-3-4-20(16-27)22(28)25-13-15-31-2/h5-12,20H,3-4,13-16H2,1-2H3,(H,25,28)(H,26,29). The summed E-state index contributed by atoms with van der Waals surface area (Å²) in [6, 6.07) is 14.2. The number of rotatable bonds is 7. The Kier molecular flexibility index (Phi) is 7.78. The number of anilines is 1. The minimum atomic E-state index is -0.206. The third-order valence-electron chi connectivity index (χ3n) is 5.39. The Hall–Kier alpha value is -3.19. The van der Waals surface area contributed by atoms with E-state index < -0.39 is 0 Å². The van der Waals surface area contributed by atoms with Gasteiger partial charge in [-0.3, -0.25) is 14.4 Å². The fourth-order valence-electron chi connectivity index (χ4n) is 3.58. The van der Waals surface area contributed by atoms with Crippen LogP contribution < -0.4 is 10.6 Å². The lowest BCUT2D eigenvalue weighted by molar-refractivity contribution is -0.126. The molecule has 31 heavy (non-hydrogen) atoms. The van der Waals surface area contributed by atoms with Gasteiger partial charge < -0.3 is 20.3 Å². The summed E-state index contributed by atoms with van der Waals surface area (Å²) in [4.78, 5) is 39.3. The van der Waals surface area contributed by atoms with Crippen LogP contribution in [0.3, 0.4) is 0 Å². The normalized spacial score (nSPS) is 15.9. The first-order valence-corrected chi connectivity index (χ1v) is 10.5. The molecule has 1 heterocycles. The molecule has 164 valence electrons. The Labute approximate surface area is 182 Å². The van der Waals surface area contributed by atoms with Crippen molar-refractivity contribution in [2.24, 2.45) is 5.92 Å². The van der Waals surface area contributed by atoms with Crippen molar-refractivity contribution in [1.29, 1.82) is 0 Å². The summed E-state index contributed by atoms with van der Waals surface area (Å²) < 4.78 is 4.95. The highest BCUT2D eigenvalue weighted by Crippen LogP contribution is 2.20. The van der Waals surface area contributed by atoms with Crippen LogP contribution in [0.15, 0.2) is 48.5 Å². The number of hydrogen-bond acceptors (Lipinski definition) is 4. The van der Waals surface area contributed by atoms with Gasteiger partial charge in [0.15, 0.2) is 0 Å². The first-order chi connectivity index (χ1) is 15.0. The number of nitrogens with one attached hydrogen (secondary N) is 2. The number of aryl methyl sites for hydroxylation is 1. The SMILES string of the molecule is COCCNC(=O)C1CCCN(C(=O)c2ccc(NC(=O)c3ccc(C)cc3)cc2)C1. The summed E-state index contributed by atoms with van der Waals surface area (Å²) in [6.45, 7) is 3.94. The molecule has 0 saturated carbocycles. The minimum Gasteiger partial charge on any atom is -0.383 e. The molecule has 7 nitrogen and oxygen atoms in total. The van der Waals surface area contributed by atoms with E-state index in [0.717, 1.165) is 18.4 Å². The molecule has 3 rings (SSSR count). The molecule has 1 unspecified atom stereocenters. The Morgan fingerprint density at radius 3 is 2.39 bits per heavy atom. The van der Waals surface area contributed by atoms with Crippen molar-refractivity contribution in [3.8, 4) is 0 Å². The van der Waals surface area contributed by atoms with Crippen molar-refractivity contribution in [3.05, 3.63) is 65.2 Å². The third-order valence-corrected chi connectivity index (χ3v) is 5.39. The van der Waals surface area contributed by atoms with Crippen LogP contribution in [0, 0.1) is 12.8 Å². The second-order valence-electron chi connectivity index (χ2n) is 7.77. The van der Waals surface area contributed by atoms with Crippen molar-refractivity contribution in [1.82, 2.24) is 10.2 Å². The van der Waals surface area contributed by atoms with Gasteiger partial charge in [0, 0.05) is 43.6 Å². The highest BCUT2D eigenvalue weighted by Gasteiger charge is 2.28. The lowest BCUT2D eigenvalue weighted by atomic mass is 9.96. The average molecular weight is 424 g/mol. The van der Waals surface area contributed by atoms with Gasteiger partial charge >= 0.3 is 0 Å². The monoisotopic (exact) mass is 423 g/mol. The van der Waals surface area contributed by atoms with E-state index in [1.54, 1.807) is 48.4 Å². The fourth-order valence-corrected chi connectivity index (χ4v) is 3.58. The molecule has 2 N–H and O–H groups in total. The van der Waals surface area contributed by atoms with Crippen LogP contribution in [0.4, 0.5) is 5.69 Å². The number of methoxy groups -OCH3 is 1. The third kappa shape index (κ3) is 6.15. The van der Waals surface area contributed by atoms with E-state index in [-0.39, 0.29) is 23.6 Å². The van der Waals surface area contributed by atoms with Gasteiger partial charge in [-0.15, -0.1) is 0 Å². The summed E-state index contributed by atoms with van der Waals surface area (Å²) in [5.41, 5.74) is 2.82. The number of amides is 3. The van der Waals surface area contributed by atoms with Crippen LogP contribution in [0.1, 0.15) is 39.1 Å². The predicted molar refractivity (Wildman–Crippen MR) is 119 cm³/mol. The maximum Gasteiger partial charge on any atom is 0.255 e. The molecule has 0 aliphatic carbocycles. The van der Waals surface area contributed by atoms with Gasteiger partial charge in [-0.25, -0.2) is 0 Å². The van der Waals surface area contributed by atoms with E-state index in [1.165, 1.54) is 0 Å². The van der Waals surface area contributed by atoms with E-state index in [1.807, 2.05) is 19.1 Å². The van der Waals surface area contributed by atoms with Crippen molar-refractivity contribution >= 4 is 23.4 Å². The van der Waals surface area contributed by atoms with Crippen LogP contribution in [-0.2, 0) is 9.53 Å². The van der Waals surface area contributed by atoms with E-state index in [0.29, 0.717) is 43.1 Å². The maximum atomic E-state index is 12.9. The zero-order chi connectivity index (χ0) is 22.2. The Bertz CT molecular complexity index is 909. The number of carbonyl (C=O) groups excluding carboxylic acids is 3. The van der Waals surface area contributed by atoms with Gasteiger partial charge in [0.2, 0.25) is 5.91 Å². The number of likely N-dealkylation sites (tertiary alicyclic amines) is 1. The lowest BCUT2D eigenvalue weighted by Gasteiger charge is -2.32. The smallest absolute Gasteiger partial charge is 0.255 e. The number of hydrogen-bond donors (Lipinski definition) is 2. The van der Waals surface area contributed by atoms with Crippen LogP contribution in [0.25, 0.3) is 0 Å². The quantitative estimate of drug-likeness (QED) is 0.671. The maximum absolute atomic E-state index is 12.9. The summed E-state index contributed by atoms with van der Waals surface area (Å²) in [5, 5.41) is 5.70. The summed E-state index contributed by atoms with van der Waals surface area (Å²) in [6.07, 6.45) is 1.56. The molecule has 0 aromatic heterocycles. The molecule has 1 saturated heterocycles. The lowest BCUT2D eigenvalue weighted by Crippen LogP contribution is -2.45. The Morgan fingerprint density at radius 2 is 1.71 bits per heavy atom. The number of piperidine rings is 1.